The van der Waals surface area contributed by atoms with E-state index in [4.69, 9.17) is 0 Å². The molecule has 0 bridgehead atoms. The van der Waals surface area contributed by atoms with Crippen molar-refractivity contribution in [3.63, 3.8) is 0 Å². The molecule has 2 amide bonds. The number of aryl methyl sites for hydroxylation is 2. The predicted molar refractivity (Wildman–Crippen MR) is 109 cm³/mol. The van der Waals surface area contributed by atoms with Crippen LogP contribution in [0.4, 0.5) is 5.69 Å². The average molecular weight is 404 g/mol. The van der Waals surface area contributed by atoms with Crippen LogP contribution < -0.4 is 15.4 Å². The number of hydrogen-bond donors (Lipinski definition) is 3. The summed E-state index contributed by atoms with van der Waals surface area (Å²) in [5.74, 6) is -0.424. The molecule has 0 atom stereocenters. The van der Waals surface area contributed by atoms with Crippen LogP contribution in [0.2, 0.25) is 0 Å². The standard InChI is InChI=1S/C20H25N3O4S/c1-4-19(24)23-17-8-6-16(7-9-17)20(25)21-11-12-22-28(26,27)18-10-5-14(2)15(3)13-18/h5-10,13,22H,4,11-12H2,1-3H3,(H,21,25)(H,23,24). The molecule has 0 heterocycles. The van der Waals surface area contributed by atoms with Crippen LogP contribution in [0.15, 0.2) is 47.4 Å². The fourth-order valence-corrected chi connectivity index (χ4v) is 3.50. The molecule has 0 saturated carbocycles. The highest BCUT2D eigenvalue weighted by Crippen LogP contribution is 2.14. The summed E-state index contributed by atoms with van der Waals surface area (Å²) >= 11 is 0. The molecule has 0 aliphatic carbocycles. The number of anilines is 1. The van der Waals surface area contributed by atoms with Gasteiger partial charge in [0.05, 0.1) is 4.90 Å². The fourth-order valence-electron chi connectivity index (χ4n) is 2.38. The maximum Gasteiger partial charge on any atom is 0.251 e. The Morgan fingerprint density at radius 1 is 0.929 bits per heavy atom. The summed E-state index contributed by atoms with van der Waals surface area (Å²) in [6.45, 7) is 5.75. The molecule has 7 nitrogen and oxygen atoms in total. The first kappa shape index (κ1) is 21.6. The molecule has 2 aromatic rings. The fraction of sp³-hybridized carbons (Fsp3) is 0.300. The smallest absolute Gasteiger partial charge is 0.251 e. The van der Waals surface area contributed by atoms with Gasteiger partial charge in [-0.2, -0.15) is 0 Å². The Morgan fingerprint density at radius 3 is 2.21 bits per heavy atom. The zero-order chi connectivity index (χ0) is 20.7. The maximum atomic E-state index is 12.3. The molecule has 3 N–H and O–H groups in total. The van der Waals surface area contributed by atoms with Crippen molar-refractivity contribution in [2.24, 2.45) is 0 Å². The van der Waals surface area contributed by atoms with Crippen molar-refractivity contribution in [3.8, 4) is 0 Å². The molecule has 0 spiro atoms. The van der Waals surface area contributed by atoms with E-state index in [0.29, 0.717) is 17.7 Å². The summed E-state index contributed by atoms with van der Waals surface area (Å²) in [5.41, 5.74) is 2.96. The van der Waals surface area contributed by atoms with Crippen LogP contribution in [0.1, 0.15) is 34.8 Å². The van der Waals surface area contributed by atoms with E-state index in [1.807, 2.05) is 13.8 Å². The lowest BCUT2D eigenvalue weighted by molar-refractivity contribution is -0.115. The van der Waals surface area contributed by atoms with E-state index in [2.05, 4.69) is 15.4 Å². The summed E-state index contributed by atoms with van der Waals surface area (Å²) < 4.78 is 27.1. The summed E-state index contributed by atoms with van der Waals surface area (Å²) in [4.78, 5) is 23.7. The molecular formula is C20H25N3O4S. The Morgan fingerprint density at radius 2 is 1.61 bits per heavy atom. The lowest BCUT2D eigenvalue weighted by Crippen LogP contribution is -2.34. The van der Waals surface area contributed by atoms with Gasteiger partial charge in [-0.3, -0.25) is 9.59 Å². The zero-order valence-corrected chi connectivity index (χ0v) is 17.0. The summed E-state index contributed by atoms with van der Waals surface area (Å²) in [6.07, 6.45) is 0.375. The van der Waals surface area contributed by atoms with E-state index < -0.39 is 10.0 Å². The minimum absolute atomic E-state index is 0.0750. The van der Waals surface area contributed by atoms with Crippen molar-refractivity contribution in [2.75, 3.05) is 18.4 Å². The number of benzene rings is 2. The molecule has 0 aliphatic heterocycles. The van der Waals surface area contributed by atoms with E-state index in [0.717, 1.165) is 11.1 Å². The number of hydrogen-bond acceptors (Lipinski definition) is 4. The molecule has 0 fully saturated rings. The van der Waals surface area contributed by atoms with Gasteiger partial charge in [0.25, 0.3) is 5.91 Å². The summed E-state index contributed by atoms with van der Waals surface area (Å²) in [7, 11) is -3.62. The second-order valence-electron chi connectivity index (χ2n) is 6.38. The van der Waals surface area contributed by atoms with Gasteiger partial charge >= 0.3 is 0 Å². The molecule has 2 aromatic carbocycles. The number of nitrogens with one attached hydrogen (secondary N) is 3. The second kappa shape index (κ2) is 9.48. The van der Waals surface area contributed by atoms with E-state index >= 15 is 0 Å². The monoisotopic (exact) mass is 403 g/mol. The van der Waals surface area contributed by atoms with Gasteiger partial charge in [-0.05, 0) is 61.4 Å². The normalized spacial score (nSPS) is 11.1. The van der Waals surface area contributed by atoms with Gasteiger partial charge in [0.2, 0.25) is 15.9 Å². The Labute approximate surface area is 165 Å². The van der Waals surface area contributed by atoms with Crippen LogP contribution in [0.3, 0.4) is 0 Å². The van der Waals surface area contributed by atoms with Crippen LogP contribution in [-0.2, 0) is 14.8 Å². The Kier molecular flexibility index (Phi) is 7.31. The molecule has 0 aliphatic rings. The number of amides is 2. The molecule has 28 heavy (non-hydrogen) atoms. The van der Waals surface area contributed by atoms with Crippen molar-refractivity contribution >= 4 is 27.5 Å². The zero-order valence-electron chi connectivity index (χ0n) is 16.2. The van der Waals surface area contributed by atoms with Crippen LogP contribution in [0, 0.1) is 13.8 Å². The molecular weight excluding hydrogens is 378 g/mol. The number of sulfonamides is 1. The minimum atomic E-state index is -3.62. The van der Waals surface area contributed by atoms with Gasteiger partial charge < -0.3 is 10.6 Å². The first-order chi connectivity index (χ1) is 13.2. The van der Waals surface area contributed by atoms with E-state index in [-0.39, 0.29) is 29.8 Å². The molecule has 0 aromatic heterocycles. The van der Waals surface area contributed by atoms with Gasteiger partial charge in [0.1, 0.15) is 0 Å². The molecule has 0 saturated heterocycles. The highest BCUT2D eigenvalue weighted by Gasteiger charge is 2.14. The quantitative estimate of drug-likeness (QED) is 0.589. The van der Waals surface area contributed by atoms with Crippen LogP contribution >= 0.6 is 0 Å². The molecule has 8 heteroatoms. The van der Waals surface area contributed by atoms with Crippen molar-refractivity contribution in [1.29, 1.82) is 0 Å². The second-order valence-corrected chi connectivity index (χ2v) is 8.15. The maximum absolute atomic E-state index is 12.3. The largest absolute Gasteiger partial charge is 0.351 e. The molecule has 0 unspecified atom stereocenters. The minimum Gasteiger partial charge on any atom is -0.351 e. The number of rotatable bonds is 8. The molecule has 0 radical (unpaired) electrons. The third-order valence-corrected chi connectivity index (χ3v) is 5.70. The van der Waals surface area contributed by atoms with Crippen molar-refractivity contribution in [2.45, 2.75) is 32.1 Å². The van der Waals surface area contributed by atoms with E-state index in [9.17, 15) is 18.0 Å². The number of carbonyl (C=O) groups excluding carboxylic acids is 2. The third kappa shape index (κ3) is 5.90. The van der Waals surface area contributed by atoms with Crippen molar-refractivity contribution in [3.05, 3.63) is 59.2 Å². The van der Waals surface area contributed by atoms with Crippen LogP contribution in [0.25, 0.3) is 0 Å². The van der Waals surface area contributed by atoms with Gasteiger partial charge in [0.15, 0.2) is 0 Å². The summed E-state index contributed by atoms with van der Waals surface area (Å²) in [5, 5.41) is 5.36. The Hall–Kier alpha value is -2.71. The third-order valence-electron chi connectivity index (χ3n) is 4.24. The van der Waals surface area contributed by atoms with Gasteiger partial charge in [-0.15, -0.1) is 0 Å². The highest BCUT2D eigenvalue weighted by atomic mass is 32.2. The van der Waals surface area contributed by atoms with Gasteiger partial charge in [-0.1, -0.05) is 13.0 Å². The van der Waals surface area contributed by atoms with Gasteiger partial charge in [-0.25, -0.2) is 13.1 Å². The van der Waals surface area contributed by atoms with E-state index in [1.165, 1.54) is 0 Å². The first-order valence-corrected chi connectivity index (χ1v) is 10.5. The Balaban J connectivity index is 1.84. The Bertz CT molecular complexity index is 954. The topological polar surface area (TPSA) is 104 Å². The van der Waals surface area contributed by atoms with Gasteiger partial charge in [0, 0.05) is 30.8 Å². The predicted octanol–water partition coefficient (Wildman–Crippen LogP) is 2.36. The summed E-state index contributed by atoms with van der Waals surface area (Å²) in [6, 6.07) is 11.4. The highest BCUT2D eigenvalue weighted by molar-refractivity contribution is 7.89. The van der Waals surface area contributed by atoms with Crippen LogP contribution in [-0.4, -0.2) is 33.3 Å². The molecule has 2 rings (SSSR count). The molecule has 150 valence electrons. The van der Waals surface area contributed by atoms with E-state index in [1.54, 1.807) is 49.4 Å². The number of carbonyl (C=O) groups is 2. The lowest BCUT2D eigenvalue weighted by atomic mass is 10.1. The van der Waals surface area contributed by atoms with Crippen molar-refractivity contribution in [1.82, 2.24) is 10.0 Å². The average Bonchev–Trinajstić information content (AvgIpc) is 2.67. The SMILES string of the molecule is CCC(=O)Nc1ccc(C(=O)NCCNS(=O)(=O)c2ccc(C)c(C)c2)cc1. The lowest BCUT2D eigenvalue weighted by Gasteiger charge is -2.10. The first-order valence-electron chi connectivity index (χ1n) is 8.98. The van der Waals surface area contributed by atoms with Crippen molar-refractivity contribution < 1.29 is 18.0 Å². The van der Waals surface area contributed by atoms with Crippen LogP contribution in [0.5, 0.6) is 0 Å².